The molecular formula is C24H21F3N2O5S. The third-order valence-corrected chi connectivity index (χ3v) is 6.20. The number of methoxy groups -OCH3 is 1. The van der Waals surface area contributed by atoms with Crippen molar-refractivity contribution in [3.05, 3.63) is 71.3 Å². The monoisotopic (exact) mass is 506 g/mol. The van der Waals surface area contributed by atoms with Gasteiger partial charge in [-0.15, -0.1) is 0 Å². The first-order valence-electron chi connectivity index (χ1n) is 10.4. The van der Waals surface area contributed by atoms with E-state index >= 15 is 0 Å². The summed E-state index contributed by atoms with van der Waals surface area (Å²) in [6.07, 6.45) is -3.10. The molecule has 35 heavy (non-hydrogen) atoms. The van der Waals surface area contributed by atoms with Gasteiger partial charge in [-0.05, 0) is 53.9 Å². The number of hydrogen-bond donors (Lipinski definition) is 2. The number of carbonyl (C=O) groups excluding carboxylic acids is 1. The number of sulfonamides is 1. The molecule has 1 aliphatic heterocycles. The van der Waals surface area contributed by atoms with Gasteiger partial charge < -0.3 is 14.7 Å². The van der Waals surface area contributed by atoms with Crippen molar-refractivity contribution in [1.29, 1.82) is 0 Å². The standard InChI is InChI=1S/C24H21F3N2O5S/c1-34-22-12-16(24(25,26)27)4-7-18(22)14-3-6-19-15(11-14)9-10-29(23(19)31)17-5-8-21(30)20(13-17)28-35(2,32)33/h3-8,11-13,28,30H,9-10H2,1-2H3. The summed E-state index contributed by atoms with van der Waals surface area (Å²) >= 11 is 0. The largest absolute Gasteiger partial charge is 0.506 e. The van der Waals surface area contributed by atoms with Crippen molar-refractivity contribution in [3.63, 3.8) is 0 Å². The van der Waals surface area contributed by atoms with Gasteiger partial charge in [0.25, 0.3) is 5.91 Å². The van der Waals surface area contributed by atoms with E-state index in [1.54, 1.807) is 18.2 Å². The number of nitrogens with zero attached hydrogens (tertiary/aromatic N) is 1. The summed E-state index contributed by atoms with van der Waals surface area (Å²) in [5.41, 5.74) is 1.75. The Morgan fingerprint density at radius 1 is 1.03 bits per heavy atom. The van der Waals surface area contributed by atoms with E-state index < -0.39 is 21.8 Å². The van der Waals surface area contributed by atoms with E-state index in [1.165, 1.54) is 36.3 Å². The van der Waals surface area contributed by atoms with E-state index in [0.29, 0.717) is 28.8 Å². The van der Waals surface area contributed by atoms with Gasteiger partial charge in [0.1, 0.15) is 11.5 Å². The third kappa shape index (κ3) is 5.04. The van der Waals surface area contributed by atoms with Crippen LogP contribution in [0.25, 0.3) is 11.1 Å². The average Bonchev–Trinajstić information content (AvgIpc) is 2.79. The van der Waals surface area contributed by atoms with Gasteiger partial charge in [-0.25, -0.2) is 8.42 Å². The van der Waals surface area contributed by atoms with Gasteiger partial charge in [0, 0.05) is 23.4 Å². The molecule has 3 aromatic carbocycles. The zero-order valence-corrected chi connectivity index (χ0v) is 19.5. The Morgan fingerprint density at radius 2 is 1.74 bits per heavy atom. The van der Waals surface area contributed by atoms with Crippen LogP contribution in [0, 0.1) is 0 Å². The minimum absolute atomic E-state index is 0.0478. The highest BCUT2D eigenvalue weighted by Crippen LogP contribution is 2.38. The lowest BCUT2D eigenvalue weighted by Crippen LogP contribution is -2.37. The lowest BCUT2D eigenvalue weighted by molar-refractivity contribution is -0.137. The van der Waals surface area contributed by atoms with Gasteiger partial charge in [0.2, 0.25) is 10.0 Å². The molecule has 0 aromatic heterocycles. The van der Waals surface area contributed by atoms with Gasteiger partial charge in [0.15, 0.2) is 0 Å². The van der Waals surface area contributed by atoms with Crippen LogP contribution in [0.1, 0.15) is 21.5 Å². The van der Waals surface area contributed by atoms with Crippen LogP contribution in [0.15, 0.2) is 54.6 Å². The first kappa shape index (κ1) is 24.4. The quantitative estimate of drug-likeness (QED) is 0.491. The zero-order chi connectivity index (χ0) is 25.5. The fraction of sp³-hybridized carbons (Fsp3) is 0.208. The number of anilines is 2. The number of aromatic hydroxyl groups is 1. The SMILES string of the molecule is COc1cc(C(F)(F)F)ccc1-c1ccc2c(c1)CCN(c1ccc(O)c(NS(C)(=O)=O)c1)C2=O. The maximum atomic E-state index is 13.2. The molecule has 2 N–H and O–H groups in total. The van der Waals surface area contributed by atoms with Crippen LogP contribution < -0.4 is 14.4 Å². The average molecular weight is 507 g/mol. The summed E-state index contributed by atoms with van der Waals surface area (Å²) in [6, 6.07) is 12.4. The molecule has 1 aliphatic rings. The number of benzene rings is 3. The molecule has 0 radical (unpaired) electrons. The van der Waals surface area contributed by atoms with Crippen LogP contribution in [-0.2, 0) is 22.6 Å². The lowest BCUT2D eigenvalue weighted by Gasteiger charge is -2.29. The number of halogens is 3. The normalized spacial score (nSPS) is 14.0. The molecule has 0 saturated carbocycles. The first-order chi connectivity index (χ1) is 16.4. The van der Waals surface area contributed by atoms with Crippen LogP contribution in [0.4, 0.5) is 24.5 Å². The molecule has 0 atom stereocenters. The number of amides is 1. The molecule has 0 unspecified atom stereocenters. The lowest BCUT2D eigenvalue weighted by atomic mass is 9.93. The summed E-state index contributed by atoms with van der Waals surface area (Å²) in [4.78, 5) is 14.7. The Hall–Kier alpha value is -3.73. The molecule has 184 valence electrons. The fourth-order valence-electron chi connectivity index (χ4n) is 3.98. The van der Waals surface area contributed by atoms with E-state index in [1.807, 2.05) is 0 Å². The number of carbonyl (C=O) groups is 1. The van der Waals surface area contributed by atoms with E-state index in [2.05, 4.69) is 4.72 Å². The Morgan fingerprint density at radius 3 is 2.40 bits per heavy atom. The number of ether oxygens (including phenoxy) is 1. The highest BCUT2D eigenvalue weighted by atomic mass is 32.2. The molecule has 0 fully saturated rings. The number of phenolic OH excluding ortho intramolecular Hbond substituents is 1. The number of phenols is 1. The van der Waals surface area contributed by atoms with Crippen molar-refractivity contribution >= 4 is 27.3 Å². The Bertz CT molecular complexity index is 1420. The molecule has 7 nitrogen and oxygen atoms in total. The van der Waals surface area contributed by atoms with Gasteiger partial charge in [-0.1, -0.05) is 18.2 Å². The zero-order valence-electron chi connectivity index (χ0n) is 18.7. The number of fused-ring (bicyclic) bond motifs is 1. The number of nitrogens with one attached hydrogen (secondary N) is 1. The number of rotatable bonds is 5. The molecular weight excluding hydrogens is 485 g/mol. The second kappa shape index (κ2) is 8.81. The number of alkyl halides is 3. The summed E-state index contributed by atoms with van der Waals surface area (Å²) in [5.74, 6) is -0.536. The molecule has 0 aliphatic carbocycles. The molecule has 0 spiro atoms. The molecule has 0 bridgehead atoms. The minimum atomic E-state index is -4.50. The van der Waals surface area contributed by atoms with Crippen molar-refractivity contribution in [1.82, 2.24) is 0 Å². The van der Waals surface area contributed by atoms with Crippen LogP contribution in [0.5, 0.6) is 11.5 Å². The van der Waals surface area contributed by atoms with Crippen molar-refractivity contribution in [3.8, 4) is 22.6 Å². The van der Waals surface area contributed by atoms with E-state index in [4.69, 9.17) is 4.74 Å². The van der Waals surface area contributed by atoms with Crippen molar-refractivity contribution in [2.75, 3.05) is 29.5 Å². The predicted octanol–water partition coefficient (Wildman–Crippen LogP) is 4.66. The smallest absolute Gasteiger partial charge is 0.416 e. The number of hydrogen-bond acceptors (Lipinski definition) is 5. The molecule has 4 rings (SSSR count). The topological polar surface area (TPSA) is 95.9 Å². The molecule has 3 aromatic rings. The molecule has 11 heteroatoms. The maximum Gasteiger partial charge on any atom is 0.416 e. The van der Waals surface area contributed by atoms with Gasteiger partial charge in [-0.2, -0.15) is 13.2 Å². The summed E-state index contributed by atoms with van der Waals surface area (Å²) in [7, 11) is -2.35. The Balaban J connectivity index is 1.66. The van der Waals surface area contributed by atoms with Crippen molar-refractivity contribution in [2.24, 2.45) is 0 Å². The van der Waals surface area contributed by atoms with Crippen LogP contribution in [0.3, 0.4) is 0 Å². The minimum Gasteiger partial charge on any atom is -0.506 e. The second-order valence-corrected chi connectivity index (χ2v) is 9.82. The van der Waals surface area contributed by atoms with Crippen molar-refractivity contribution in [2.45, 2.75) is 12.6 Å². The second-order valence-electron chi connectivity index (χ2n) is 8.07. The first-order valence-corrected chi connectivity index (χ1v) is 12.3. The van der Waals surface area contributed by atoms with Crippen LogP contribution in [0.2, 0.25) is 0 Å². The third-order valence-electron chi connectivity index (χ3n) is 5.61. The van der Waals surface area contributed by atoms with Crippen LogP contribution >= 0.6 is 0 Å². The fourth-order valence-corrected chi connectivity index (χ4v) is 4.54. The summed E-state index contributed by atoms with van der Waals surface area (Å²) in [5, 5.41) is 9.96. The van der Waals surface area contributed by atoms with Crippen LogP contribution in [-0.4, -0.2) is 39.3 Å². The van der Waals surface area contributed by atoms with Gasteiger partial charge in [0.05, 0.1) is 24.6 Å². The van der Waals surface area contributed by atoms with E-state index in [-0.39, 0.29) is 29.6 Å². The summed E-state index contributed by atoms with van der Waals surface area (Å²) < 4.78 is 69.7. The molecule has 0 saturated heterocycles. The Labute approximate surface area is 199 Å². The molecule has 1 amide bonds. The Kier molecular flexibility index (Phi) is 6.14. The summed E-state index contributed by atoms with van der Waals surface area (Å²) in [6.45, 7) is 0.280. The van der Waals surface area contributed by atoms with Gasteiger partial charge >= 0.3 is 6.18 Å². The predicted molar refractivity (Wildman–Crippen MR) is 125 cm³/mol. The highest BCUT2D eigenvalue weighted by molar-refractivity contribution is 7.92. The van der Waals surface area contributed by atoms with Gasteiger partial charge in [-0.3, -0.25) is 9.52 Å². The van der Waals surface area contributed by atoms with E-state index in [9.17, 15) is 31.5 Å². The van der Waals surface area contributed by atoms with E-state index in [0.717, 1.165) is 24.0 Å². The molecule has 1 heterocycles. The highest BCUT2D eigenvalue weighted by Gasteiger charge is 2.32. The van der Waals surface area contributed by atoms with Crippen molar-refractivity contribution < 1.29 is 36.2 Å². The maximum absolute atomic E-state index is 13.2.